The predicted octanol–water partition coefficient (Wildman–Crippen LogP) is 2.54. The van der Waals surface area contributed by atoms with Crippen molar-refractivity contribution in [2.75, 3.05) is 38.7 Å². The molecule has 0 radical (unpaired) electrons. The SMILES string of the molecule is CCO[Si](CCCSC1=NCCN1)(OCC)OCC.Cl. The molecule has 0 aromatic rings. The molecule has 0 amide bonds. The number of nitrogens with one attached hydrogen (secondary N) is 1. The molecule has 1 rings (SSSR count). The van der Waals surface area contributed by atoms with E-state index in [2.05, 4.69) is 10.3 Å². The minimum Gasteiger partial charge on any atom is -0.374 e. The first-order valence-electron chi connectivity index (χ1n) is 7.09. The second kappa shape index (κ2) is 11.8. The number of rotatable bonds is 10. The van der Waals surface area contributed by atoms with Crippen LogP contribution in [0.2, 0.25) is 6.04 Å². The van der Waals surface area contributed by atoms with Gasteiger partial charge in [-0.25, -0.2) is 0 Å². The van der Waals surface area contributed by atoms with Crippen molar-refractivity contribution in [2.24, 2.45) is 4.99 Å². The largest absolute Gasteiger partial charge is 0.500 e. The topological polar surface area (TPSA) is 52.1 Å². The highest BCUT2D eigenvalue weighted by atomic mass is 35.5. The third kappa shape index (κ3) is 7.28. The zero-order chi connectivity index (χ0) is 14.0. The molecule has 0 spiro atoms. The van der Waals surface area contributed by atoms with E-state index in [0.717, 1.165) is 36.5 Å². The van der Waals surface area contributed by atoms with Crippen molar-refractivity contribution in [3.05, 3.63) is 0 Å². The summed E-state index contributed by atoms with van der Waals surface area (Å²) in [7, 11) is -2.45. The number of hydrogen-bond donors (Lipinski definition) is 1. The minimum absolute atomic E-state index is 0. The summed E-state index contributed by atoms with van der Waals surface area (Å²) in [5.41, 5.74) is 0. The first-order valence-corrected chi connectivity index (χ1v) is 10.0. The van der Waals surface area contributed by atoms with Gasteiger partial charge in [-0.1, -0.05) is 11.8 Å². The molecular weight excluding hydrogens is 316 g/mol. The van der Waals surface area contributed by atoms with Crippen molar-refractivity contribution >= 4 is 38.1 Å². The summed E-state index contributed by atoms with van der Waals surface area (Å²) < 4.78 is 17.5. The fraction of sp³-hybridized carbons (Fsp3) is 0.917. The zero-order valence-corrected chi connectivity index (χ0v) is 15.3. The lowest BCUT2D eigenvalue weighted by Gasteiger charge is -2.28. The lowest BCUT2D eigenvalue weighted by atomic mass is 10.6. The maximum Gasteiger partial charge on any atom is 0.500 e. The Kier molecular flexibility index (Phi) is 11.9. The fourth-order valence-corrected chi connectivity index (χ4v) is 5.67. The van der Waals surface area contributed by atoms with Gasteiger partial charge < -0.3 is 18.6 Å². The van der Waals surface area contributed by atoms with E-state index in [1.807, 2.05) is 20.8 Å². The fourth-order valence-electron chi connectivity index (χ4n) is 1.93. The third-order valence-corrected chi connectivity index (χ3v) is 6.79. The molecule has 0 saturated carbocycles. The second-order valence-electron chi connectivity index (χ2n) is 4.05. The van der Waals surface area contributed by atoms with E-state index in [0.29, 0.717) is 19.8 Å². The summed E-state index contributed by atoms with van der Waals surface area (Å²) in [5.74, 6) is 1.02. The number of nitrogens with zero attached hydrogens (tertiary/aromatic N) is 1. The summed E-state index contributed by atoms with van der Waals surface area (Å²) in [4.78, 5) is 4.36. The van der Waals surface area contributed by atoms with Gasteiger partial charge in [-0.3, -0.25) is 4.99 Å². The summed E-state index contributed by atoms with van der Waals surface area (Å²) in [6.45, 7) is 9.79. The Morgan fingerprint density at radius 3 is 2.20 bits per heavy atom. The number of hydrogen-bond acceptors (Lipinski definition) is 6. The van der Waals surface area contributed by atoms with Crippen LogP contribution in [0.25, 0.3) is 0 Å². The molecule has 1 aliphatic rings. The monoisotopic (exact) mass is 342 g/mol. The van der Waals surface area contributed by atoms with Crippen molar-refractivity contribution in [1.29, 1.82) is 0 Å². The summed E-state index contributed by atoms with van der Waals surface area (Å²) in [5, 5.41) is 4.33. The maximum atomic E-state index is 5.82. The van der Waals surface area contributed by atoms with Gasteiger partial charge in [0.25, 0.3) is 0 Å². The van der Waals surface area contributed by atoms with E-state index in [9.17, 15) is 0 Å². The number of halogens is 1. The molecule has 1 aliphatic heterocycles. The van der Waals surface area contributed by atoms with Crippen LogP contribution in [0.1, 0.15) is 27.2 Å². The predicted molar refractivity (Wildman–Crippen MR) is 90.1 cm³/mol. The molecule has 0 bridgehead atoms. The van der Waals surface area contributed by atoms with Crippen LogP contribution in [0.3, 0.4) is 0 Å². The van der Waals surface area contributed by atoms with Crippen LogP contribution in [0, 0.1) is 0 Å². The average Bonchev–Trinajstić information content (AvgIpc) is 2.89. The third-order valence-electron chi connectivity index (χ3n) is 2.60. The van der Waals surface area contributed by atoms with Gasteiger partial charge in [0.05, 0.1) is 6.54 Å². The van der Waals surface area contributed by atoms with Gasteiger partial charge >= 0.3 is 8.80 Å². The van der Waals surface area contributed by atoms with Crippen LogP contribution >= 0.6 is 24.2 Å². The van der Waals surface area contributed by atoms with Crippen molar-refractivity contribution < 1.29 is 13.3 Å². The molecule has 0 fully saturated rings. The molecule has 0 unspecified atom stereocenters. The Hall–Kier alpha value is 0.207. The Morgan fingerprint density at radius 1 is 1.15 bits per heavy atom. The van der Waals surface area contributed by atoms with Gasteiger partial charge in [0.2, 0.25) is 0 Å². The van der Waals surface area contributed by atoms with E-state index in [1.165, 1.54) is 0 Å². The van der Waals surface area contributed by atoms with E-state index in [-0.39, 0.29) is 12.4 Å². The van der Waals surface area contributed by atoms with Crippen LogP contribution in [0.5, 0.6) is 0 Å². The van der Waals surface area contributed by atoms with E-state index in [4.69, 9.17) is 13.3 Å². The average molecular weight is 343 g/mol. The van der Waals surface area contributed by atoms with Crippen molar-refractivity contribution in [1.82, 2.24) is 5.32 Å². The Labute approximate surface area is 134 Å². The van der Waals surface area contributed by atoms with Gasteiger partial charge in [-0.05, 0) is 27.2 Å². The molecule has 0 aromatic carbocycles. The number of aliphatic imine (C=N–C) groups is 1. The van der Waals surface area contributed by atoms with Crippen LogP contribution in [0.15, 0.2) is 4.99 Å². The first kappa shape index (κ1) is 20.2. The molecule has 0 saturated heterocycles. The van der Waals surface area contributed by atoms with Gasteiger partial charge in [0.15, 0.2) is 5.17 Å². The second-order valence-corrected chi connectivity index (χ2v) is 7.86. The summed E-state index contributed by atoms with van der Waals surface area (Å²) >= 11 is 1.77. The normalized spacial score (nSPS) is 14.7. The lowest BCUT2D eigenvalue weighted by molar-refractivity contribution is 0.0712. The molecule has 8 heteroatoms. The smallest absolute Gasteiger partial charge is 0.374 e. The van der Waals surface area contributed by atoms with Crippen LogP contribution in [0.4, 0.5) is 0 Å². The zero-order valence-electron chi connectivity index (χ0n) is 12.6. The molecular formula is C12H27ClN2O3SSi. The Balaban J connectivity index is 0.00000361. The highest BCUT2D eigenvalue weighted by Crippen LogP contribution is 2.20. The van der Waals surface area contributed by atoms with E-state index >= 15 is 0 Å². The first-order chi connectivity index (χ1) is 9.26. The summed E-state index contributed by atoms with van der Waals surface area (Å²) in [6, 6.07) is 0.878. The summed E-state index contributed by atoms with van der Waals surface area (Å²) in [6.07, 6.45) is 1.03. The molecule has 0 aromatic heterocycles. The van der Waals surface area contributed by atoms with Crippen LogP contribution in [-0.4, -0.2) is 52.6 Å². The molecule has 0 atom stereocenters. The van der Waals surface area contributed by atoms with E-state index in [1.54, 1.807) is 11.8 Å². The van der Waals surface area contributed by atoms with Crippen molar-refractivity contribution in [3.63, 3.8) is 0 Å². The Bertz CT molecular complexity index is 268. The Morgan fingerprint density at radius 2 is 1.75 bits per heavy atom. The van der Waals surface area contributed by atoms with Crippen LogP contribution in [-0.2, 0) is 13.3 Å². The van der Waals surface area contributed by atoms with Gasteiger partial charge in [-0.2, -0.15) is 0 Å². The van der Waals surface area contributed by atoms with E-state index < -0.39 is 8.80 Å². The highest BCUT2D eigenvalue weighted by Gasteiger charge is 2.39. The minimum atomic E-state index is -2.45. The maximum absolute atomic E-state index is 5.82. The molecule has 20 heavy (non-hydrogen) atoms. The van der Waals surface area contributed by atoms with Gasteiger partial charge in [0, 0.05) is 38.2 Å². The number of thioether (sulfide) groups is 1. The molecule has 1 heterocycles. The quantitative estimate of drug-likeness (QED) is 0.488. The van der Waals surface area contributed by atoms with Gasteiger partial charge in [0.1, 0.15) is 0 Å². The highest BCUT2D eigenvalue weighted by molar-refractivity contribution is 8.13. The standard InChI is InChI=1S/C12H26N2O3SSi.ClH/c1-4-15-19(16-5-2,17-6-3)11-7-10-18-12-13-8-9-14-12;/h4-11H2,1-3H3,(H,13,14);1H. The molecule has 1 N–H and O–H groups in total. The van der Waals surface area contributed by atoms with Crippen molar-refractivity contribution in [3.8, 4) is 0 Å². The number of amidine groups is 1. The molecule has 0 aliphatic carbocycles. The molecule has 120 valence electrons. The van der Waals surface area contributed by atoms with Crippen LogP contribution < -0.4 is 5.32 Å². The molecule has 5 nitrogen and oxygen atoms in total. The van der Waals surface area contributed by atoms with Crippen molar-refractivity contribution in [2.45, 2.75) is 33.2 Å². The van der Waals surface area contributed by atoms with Gasteiger partial charge in [-0.15, -0.1) is 12.4 Å². The lowest BCUT2D eigenvalue weighted by Crippen LogP contribution is -2.46.